The van der Waals surface area contributed by atoms with Crippen LogP contribution < -0.4 is 0 Å². The topological polar surface area (TPSA) is 64.7 Å². The van der Waals surface area contributed by atoms with Gasteiger partial charge in [0.1, 0.15) is 0 Å². The maximum absolute atomic E-state index is 11.7. The molecule has 2 aromatic carbocycles. The summed E-state index contributed by atoms with van der Waals surface area (Å²) in [7, 11) is 0. The molecular formula is C19H14N2O. The molecule has 0 saturated heterocycles. The summed E-state index contributed by atoms with van der Waals surface area (Å²) in [5, 5.41) is 17.4. The standard InChI is InChI=1S/C19H14N2O/c20-13-18(14-21)19(22)11-10-16-8-4-5-9-17(16)12-15-6-2-1-3-7-15/h1-11,18H,12H2. The van der Waals surface area contributed by atoms with Crippen molar-refractivity contribution in [1.29, 1.82) is 10.5 Å². The first kappa shape index (κ1) is 15.2. The number of ketones is 1. The molecule has 0 aliphatic heterocycles. The van der Waals surface area contributed by atoms with Gasteiger partial charge in [0.05, 0.1) is 12.1 Å². The summed E-state index contributed by atoms with van der Waals surface area (Å²) in [4.78, 5) is 11.7. The Morgan fingerprint density at radius 1 is 1.00 bits per heavy atom. The molecule has 2 rings (SSSR count). The minimum Gasteiger partial charge on any atom is -0.292 e. The van der Waals surface area contributed by atoms with Gasteiger partial charge >= 0.3 is 0 Å². The van der Waals surface area contributed by atoms with Gasteiger partial charge in [0.15, 0.2) is 11.7 Å². The SMILES string of the molecule is N#CC(C#N)C(=O)C=Cc1ccccc1Cc1ccccc1. The number of allylic oxidation sites excluding steroid dienone is 1. The third kappa shape index (κ3) is 3.91. The van der Waals surface area contributed by atoms with Gasteiger partial charge in [-0.3, -0.25) is 4.79 Å². The summed E-state index contributed by atoms with van der Waals surface area (Å²) < 4.78 is 0. The van der Waals surface area contributed by atoms with Crippen LogP contribution in [0.1, 0.15) is 16.7 Å². The van der Waals surface area contributed by atoms with Crippen LogP contribution in [-0.2, 0) is 11.2 Å². The number of nitrogens with zero attached hydrogens (tertiary/aromatic N) is 2. The average molecular weight is 286 g/mol. The predicted octanol–water partition coefficient (Wildman–Crippen LogP) is 3.52. The van der Waals surface area contributed by atoms with Gasteiger partial charge in [-0.2, -0.15) is 10.5 Å². The Hall–Kier alpha value is -3.17. The number of rotatable bonds is 5. The highest BCUT2D eigenvalue weighted by Gasteiger charge is 2.13. The van der Waals surface area contributed by atoms with Crippen LogP contribution in [0.25, 0.3) is 6.08 Å². The summed E-state index contributed by atoms with van der Waals surface area (Å²) in [6.45, 7) is 0. The lowest BCUT2D eigenvalue weighted by atomic mass is 9.98. The van der Waals surface area contributed by atoms with Crippen LogP contribution >= 0.6 is 0 Å². The van der Waals surface area contributed by atoms with Crippen molar-refractivity contribution in [3.8, 4) is 12.1 Å². The van der Waals surface area contributed by atoms with E-state index in [4.69, 9.17) is 10.5 Å². The van der Waals surface area contributed by atoms with E-state index in [1.165, 1.54) is 11.6 Å². The molecule has 0 amide bonds. The maximum atomic E-state index is 11.7. The molecule has 0 N–H and O–H groups in total. The Bertz CT molecular complexity index is 750. The summed E-state index contributed by atoms with van der Waals surface area (Å²) in [6, 6.07) is 21.2. The molecule has 22 heavy (non-hydrogen) atoms. The lowest BCUT2D eigenvalue weighted by molar-refractivity contribution is -0.115. The highest BCUT2D eigenvalue weighted by Crippen LogP contribution is 2.16. The van der Waals surface area contributed by atoms with E-state index >= 15 is 0 Å². The molecule has 0 heterocycles. The van der Waals surface area contributed by atoms with Crippen LogP contribution in [0.2, 0.25) is 0 Å². The Morgan fingerprint density at radius 2 is 1.64 bits per heavy atom. The van der Waals surface area contributed by atoms with Gasteiger partial charge in [0.2, 0.25) is 0 Å². The van der Waals surface area contributed by atoms with Crippen molar-refractivity contribution < 1.29 is 4.79 Å². The molecular weight excluding hydrogens is 272 g/mol. The van der Waals surface area contributed by atoms with Crippen molar-refractivity contribution in [2.75, 3.05) is 0 Å². The molecule has 0 saturated carbocycles. The van der Waals surface area contributed by atoms with E-state index < -0.39 is 11.7 Å². The molecule has 0 radical (unpaired) electrons. The Balaban J connectivity index is 2.21. The van der Waals surface area contributed by atoms with Crippen LogP contribution in [0, 0.1) is 28.6 Å². The van der Waals surface area contributed by atoms with E-state index in [9.17, 15) is 4.79 Å². The van der Waals surface area contributed by atoms with Gasteiger partial charge in [-0.25, -0.2) is 0 Å². The Labute approximate surface area is 129 Å². The second-order valence-electron chi connectivity index (χ2n) is 4.79. The molecule has 0 aliphatic rings. The van der Waals surface area contributed by atoms with Crippen LogP contribution in [0.4, 0.5) is 0 Å². The average Bonchev–Trinajstić information content (AvgIpc) is 2.56. The summed E-state index contributed by atoms with van der Waals surface area (Å²) in [6.07, 6.45) is 3.73. The number of hydrogen-bond donors (Lipinski definition) is 0. The van der Waals surface area contributed by atoms with Crippen molar-refractivity contribution in [1.82, 2.24) is 0 Å². The van der Waals surface area contributed by atoms with Crippen LogP contribution in [-0.4, -0.2) is 5.78 Å². The zero-order valence-electron chi connectivity index (χ0n) is 11.9. The summed E-state index contributed by atoms with van der Waals surface area (Å²) in [5.41, 5.74) is 3.18. The fraction of sp³-hybridized carbons (Fsp3) is 0.105. The van der Waals surface area contributed by atoms with Gasteiger partial charge in [-0.15, -0.1) is 0 Å². The van der Waals surface area contributed by atoms with Gasteiger partial charge in [-0.05, 0) is 29.2 Å². The van der Waals surface area contributed by atoms with Gasteiger partial charge in [0, 0.05) is 0 Å². The normalized spacial score (nSPS) is 10.3. The molecule has 106 valence electrons. The van der Waals surface area contributed by atoms with E-state index in [1.807, 2.05) is 54.6 Å². The number of carbonyl (C=O) groups is 1. The molecule has 0 atom stereocenters. The van der Waals surface area contributed by atoms with Crippen molar-refractivity contribution in [3.63, 3.8) is 0 Å². The molecule has 0 fully saturated rings. The fourth-order valence-corrected chi connectivity index (χ4v) is 2.10. The number of benzene rings is 2. The van der Waals surface area contributed by atoms with Crippen LogP contribution in [0.5, 0.6) is 0 Å². The molecule has 0 spiro atoms. The van der Waals surface area contributed by atoms with E-state index in [1.54, 1.807) is 18.2 Å². The van der Waals surface area contributed by atoms with Crippen LogP contribution in [0.3, 0.4) is 0 Å². The van der Waals surface area contributed by atoms with Gasteiger partial charge < -0.3 is 0 Å². The Morgan fingerprint density at radius 3 is 2.32 bits per heavy atom. The predicted molar refractivity (Wildman–Crippen MR) is 84.4 cm³/mol. The highest BCUT2D eigenvalue weighted by atomic mass is 16.1. The maximum Gasteiger partial charge on any atom is 0.195 e. The highest BCUT2D eigenvalue weighted by molar-refractivity contribution is 5.98. The monoisotopic (exact) mass is 286 g/mol. The molecule has 2 aromatic rings. The molecule has 3 heteroatoms. The smallest absolute Gasteiger partial charge is 0.195 e. The number of nitriles is 2. The van der Waals surface area contributed by atoms with E-state index in [2.05, 4.69) is 0 Å². The quantitative estimate of drug-likeness (QED) is 0.790. The molecule has 3 nitrogen and oxygen atoms in total. The van der Waals surface area contributed by atoms with Gasteiger partial charge in [-0.1, -0.05) is 60.7 Å². The summed E-state index contributed by atoms with van der Waals surface area (Å²) >= 11 is 0. The number of hydrogen-bond acceptors (Lipinski definition) is 3. The van der Waals surface area contributed by atoms with Crippen molar-refractivity contribution in [2.45, 2.75) is 6.42 Å². The lowest BCUT2D eigenvalue weighted by Gasteiger charge is -2.06. The zero-order chi connectivity index (χ0) is 15.8. The first-order valence-corrected chi connectivity index (χ1v) is 6.87. The first-order chi connectivity index (χ1) is 10.7. The summed E-state index contributed by atoms with van der Waals surface area (Å²) in [5.74, 6) is -1.72. The van der Waals surface area contributed by atoms with E-state index in [0.717, 1.165) is 17.5 Å². The first-order valence-electron chi connectivity index (χ1n) is 6.87. The second kappa shape index (κ2) is 7.57. The lowest BCUT2D eigenvalue weighted by Crippen LogP contribution is -2.06. The zero-order valence-corrected chi connectivity index (χ0v) is 11.9. The molecule has 0 aliphatic carbocycles. The minimum atomic E-state index is -1.24. The van der Waals surface area contributed by atoms with Crippen molar-refractivity contribution in [2.24, 2.45) is 5.92 Å². The van der Waals surface area contributed by atoms with Crippen LogP contribution in [0.15, 0.2) is 60.7 Å². The van der Waals surface area contributed by atoms with E-state index in [0.29, 0.717) is 0 Å². The number of carbonyl (C=O) groups excluding carboxylic acids is 1. The fourth-order valence-electron chi connectivity index (χ4n) is 2.10. The van der Waals surface area contributed by atoms with E-state index in [-0.39, 0.29) is 0 Å². The Kier molecular flexibility index (Phi) is 5.24. The third-order valence-electron chi connectivity index (χ3n) is 3.26. The largest absolute Gasteiger partial charge is 0.292 e. The molecule has 0 aromatic heterocycles. The third-order valence-corrected chi connectivity index (χ3v) is 3.26. The second-order valence-corrected chi connectivity index (χ2v) is 4.79. The van der Waals surface area contributed by atoms with Gasteiger partial charge in [0.25, 0.3) is 0 Å². The minimum absolute atomic E-state index is 0.487. The molecule has 0 unspecified atom stereocenters. The van der Waals surface area contributed by atoms with Crippen molar-refractivity contribution >= 4 is 11.9 Å². The van der Waals surface area contributed by atoms with Crippen molar-refractivity contribution in [3.05, 3.63) is 77.4 Å². The molecule has 0 bridgehead atoms.